The van der Waals surface area contributed by atoms with Crippen molar-refractivity contribution in [2.75, 3.05) is 29.1 Å². The summed E-state index contributed by atoms with van der Waals surface area (Å²) in [4.78, 5) is 24.6. The molecule has 34 heavy (non-hydrogen) atoms. The molecular weight excluding hydrogens is 426 g/mol. The van der Waals surface area contributed by atoms with Crippen molar-refractivity contribution in [3.8, 4) is 5.75 Å². The Morgan fingerprint density at radius 2 is 1.47 bits per heavy atom. The van der Waals surface area contributed by atoms with Crippen molar-refractivity contribution in [1.29, 1.82) is 0 Å². The molecule has 0 saturated heterocycles. The van der Waals surface area contributed by atoms with Crippen molar-refractivity contribution in [2.45, 2.75) is 33.6 Å². The topological polar surface area (TPSA) is 79.5 Å². The number of nitrogens with one attached hydrogen (secondary N) is 3. The summed E-state index contributed by atoms with van der Waals surface area (Å²) in [6, 6.07) is 25.0. The first-order chi connectivity index (χ1) is 16.3. The van der Waals surface area contributed by atoms with E-state index in [0.29, 0.717) is 18.0 Å². The maximum atomic E-state index is 12.4. The first kappa shape index (κ1) is 24.8. The molecular formula is C28H33N3O3. The van der Waals surface area contributed by atoms with Crippen LogP contribution in [0.2, 0.25) is 0 Å². The van der Waals surface area contributed by atoms with Gasteiger partial charge in [0.25, 0.3) is 0 Å². The van der Waals surface area contributed by atoms with Crippen LogP contribution >= 0.6 is 0 Å². The van der Waals surface area contributed by atoms with Crippen LogP contribution in [-0.4, -0.2) is 25.0 Å². The average molecular weight is 460 g/mol. The second kappa shape index (κ2) is 11.9. The number of carbonyl (C=O) groups excluding carboxylic acids is 2. The largest absolute Gasteiger partial charge is 0.494 e. The highest BCUT2D eigenvalue weighted by atomic mass is 16.5. The fraction of sp³-hybridized carbons (Fsp3) is 0.286. The molecule has 0 aliphatic carbocycles. The maximum Gasteiger partial charge on any atom is 0.243 e. The van der Waals surface area contributed by atoms with Gasteiger partial charge in [-0.05, 0) is 48.7 Å². The first-order valence-corrected chi connectivity index (χ1v) is 11.5. The van der Waals surface area contributed by atoms with E-state index in [2.05, 4.69) is 28.1 Å². The molecule has 178 valence electrons. The van der Waals surface area contributed by atoms with Crippen molar-refractivity contribution in [3.63, 3.8) is 0 Å². The lowest BCUT2D eigenvalue weighted by Gasteiger charge is -2.18. The predicted molar refractivity (Wildman–Crippen MR) is 138 cm³/mol. The minimum absolute atomic E-state index is 0.0652. The van der Waals surface area contributed by atoms with Crippen LogP contribution < -0.4 is 20.7 Å². The normalized spacial score (nSPS) is 10.9. The van der Waals surface area contributed by atoms with Gasteiger partial charge < -0.3 is 20.7 Å². The highest BCUT2D eigenvalue weighted by molar-refractivity contribution is 5.95. The van der Waals surface area contributed by atoms with E-state index >= 15 is 0 Å². The standard InChI is InChI=1S/C28H33N3O3/c1-28(2,3)27(33)31-23-14-7-13-22(18-23)29-20-26(32)30-24-15-8-16-25(19-24)34-17-9-12-21-10-5-4-6-11-21/h4-8,10-11,13-16,18-19,29H,9,12,17,20H2,1-3H3,(H,30,32)(H,31,33). The third-order valence-electron chi connectivity index (χ3n) is 5.09. The molecule has 0 heterocycles. The van der Waals surface area contributed by atoms with Gasteiger partial charge >= 0.3 is 0 Å². The second-order valence-electron chi connectivity index (χ2n) is 9.15. The Morgan fingerprint density at radius 1 is 0.794 bits per heavy atom. The molecule has 3 aromatic carbocycles. The summed E-state index contributed by atoms with van der Waals surface area (Å²) >= 11 is 0. The SMILES string of the molecule is CC(C)(C)C(=O)Nc1cccc(NCC(=O)Nc2cccc(OCCCc3ccccc3)c2)c1. The van der Waals surface area contributed by atoms with E-state index in [0.717, 1.165) is 24.3 Å². The number of amides is 2. The molecule has 0 spiro atoms. The lowest BCUT2D eigenvalue weighted by atomic mass is 9.95. The molecule has 3 aromatic rings. The summed E-state index contributed by atoms with van der Waals surface area (Å²) in [7, 11) is 0. The molecule has 0 aromatic heterocycles. The summed E-state index contributed by atoms with van der Waals surface area (Å²) in [5.41, 5.74) is 2.92. The van der Waals surface area contributed by atoms with Crippen LogP contribution in [0.5, 0.6) is 5.75 Å². The van der Waals surface area contributed by atoms with Crippen LogP contribution in [0.4, 0.5) is 17.1 Å². The third kappa shape index (κ3) is 8.28. The van der Waals surface area contributed by atoms with Gasteiger partial charge in [-0.3, -0.25) is 9.59 Å². The van der Waals surface area contributed by atoms with Gasteiger partial charge in [0, 0.05) is 28.5 Å². The molecule has 0 bridgehead atoms. The van der Waals surface area contributed by atoms with Crippen LogP contribution in [0.15, 0.2) is 78.9 Å². The molecule has 0 unspecified atom stereocenters. The summed E-state index contributed by atoms with van der Waals surface area (Å²) < 4.78 is 5.85. The molecule has 6 nitrogen and oxygen atoms in total. The Morgan fingerprint density at radius 3 is 2.21 bits per heavy atom. The zero-order valence-corrected chi connectivity index (χ0v) is 20.1. The lowest BCUT2D eigenvalue weighted by molar-refractivity contribution is -0.123. The zero-order chi connectivity index (χ0) is 24.4. The Bertz CT molecular complexity index is 1090. The van der Waals surface area contributed by atoms with Gasteiger partial charge in [0.2, 0.25) is 11.8 Å². The number of carbonyl (C=O) groups is 2. The summed E-state index contributed by atoms with van der Waals surface area (Å²) in [5, 5.41) is 8.87. The molecule has 3 N–H and O–H groups in total. The van der Waals surface area contributed by atoms with Crippen LogP contribution in [0.3, 0.4) is 0 Å². The molecule has 0 saturated carbocycles. The van der Waals surface area contributed by atoms with E-state index in [1.165, 1.54) is 5.56 Å². The van der Waals surface area contributed by atoms with Gasteiger partial charge in [0.15, 0.2) is 0 Å². The molecule has 6 heteroatoms. The minimum atomic E-state index is -0.483. The Labute approximate surface area is 201 Å². The van der Waals surface area contributed by atoms with Gasteiger partial charge in [-0.25, -0.2) is 0 Å². The summed E-state index contributed by atoms with van der Waals surface area (Å²) in [6.45, 7) is 6.29. The van der Waals surface area contributed by atoms with Crippen LogP contribution in [-0.2, 0) is 16.0 Å². The van der Waals surface area contributed by atoms with E-state index < -0.39 is 5.41 Å². The van der Waals surface area contributed by atoms with Gasteiger partial charge in [-0.15, -0.1) is 0 Å². The minimum Gasteiger partial charge on any atom is -0.494 e. The van der Waals surface area contributed by atoms with Crippen molar-refractivity contribution in [2.24, 2.45) is 5.41 Å². The number of ether oxygens (including phenoxy) is 1. The smallest absolute Gasteiger partial charge is 0.243 e. The fourth-order valence-corrected chi connectivity index (χ4v) is 3.19. The summed E-state index contributed by atoms with van der Waals surface area (Å²) in [6.07, 6.45) is 1.88. The van der Waals surface area contributed by atoms with Gasteiger partial charge in [0.05, 0.1) is 13.2 Å². The molecule has 0 aliphatic heterocycles. The number of benzene rings is 3. The Balaban J connectivity index is 1.44. The maximum absolute atomic E-state index is 12.4. The Hall–Kier alpha value is -3.80. The van der Waals surface area contributed by atoms with Crippen LogP contribution in [0.25, 0.3) is 0 Å². The highest BCUT2D eigenvalue weighted by Crippen LogP contribution is 2.20. The number of aryl methyl sites for hydroxylation is 1. The van der Waals surface area contributed by atoms with Gasteiger partial charge in [0.1, 0.15) is 5.75 Å². The van der Waals surface area contributed by atoms with Gasteiger partial charge in [-0.2, -0.15) is 0 Å². The number of hydrogen-bond donors (Lipinski definition) is 3. The molecule has 0 atom stereocenters. The zero-order valence-electron chi connectivity index (χ0n) is 20.1. The molecule has 3 rings (SSSR count). The van der Waals surface area contributed by atoms with Crippen LogP contribution in [0.1, 0.15) is 32.8 Å². The highest BCUT2D eigenvalue weighted by Gasteiger charge is 2.21. The lowest BCUT2D eigenvalue weighted by Crippen LogP contribution is -2.27. The predicted octanol–water partition coefficient (Wildman–Crippen LogP) is 5.73. The van der Waals surface area contributed by atoms with Crippen molar-refractivity contribution in [1.82, 2.24) is 0 Å². The van der Waals surface area contributed by atoms with E-state index in [9.17, 15) is 9.59 Å². The molecule has 0 fully saturated rings. The fourth-order valence-electron chi connectivity index (χ4n) is 3.19. The number of anilines is 3. The van der Waals surface area contributed by atoms with Crippen molar-refractivity contribution in [3.05, 3.63) is 84.4 Å². The monoisotopic (exact) mass is 459 g/mol. The molecule has 0 aliphatic rings. The van der Waals surface area contributed by atoms with Crippen molar-refractivity contribution >= 4 is 28.9 Å². The number of rotatable bonds is 10. The van der Waals surface area contributed by atoms with Gasteiger partial charge in [-0.1, -0.05) is 63.2 Å². The summed E-state index contributed by atoms with van der Waals surface area (Å²) in [5.74, 6) is 0.482. The number of hydrogen-bond acceptors (Lipinski definition) is 4. The van der Waals surface area contributed by atoms with Crippen molar-refractivity contribution < 1.29 is 14.3 Å². The third-order valence-corrected chi connectivity index (χ3v) is 5.09. The van der Waals surface area contributed by atoms with E-state index in [4.69, 9.17) is 4.74 Å². The molecule has 0 radical (unpaired) electrons. The molecule has 2 amide bonds. The second-order valence-corrected chi connectivity index (χ2v) is 9.15. The van der Waals surface area contributed by atoms with E-state index in [-0.39, 0.29) is 18.4 Å². The Kier molecular flexibility index (Phi) is 8.68. The van der Waals surface area contributed by atoms with E-state index in [1.807, 2.05) is 81.4 Å². The average Bonchev–Trinajstić information content (AvgIpc) is 2.81. The van der Waals surface area contributed by atoms with E-state index in [1.54, 1.807) is 6.07 Å². The quantitative estimate of drug-likeness (QED) is 0.338. The van der Waals surface area contributed by atoms with Crippen LogP contribution in [0, 0.1) is 5.41 Å². The first-order valence-electron chi connectivity index (χ1n) is 11.5.